The molecule has 0 saturated heterocycles. The normalized spacial score (nSPS) is 9.33. The van der Waals surface area contributed by atoms with Crippen LogP contribution >= 0.6 is 0 Å². The lowest BCUT2D eigenvalue weighted by atomic mass is 10.4. The van der Waals surface area contributed by atoms with Crippen LogP contribution in [0.25, 0.3) is 0 Å². The number of hydrogen-bond acceptors (Lipinski definition) is 0. The maximum atomic E-state index is 3.64. The average Bonchev–Trinajstić information content (AvgIpc) is 2.34. The van der Waals surface area contributed by atoms with E-state index in [1.54, 1.807) is 0 Å². The first kappa shape index (κ1) is 6.14. The van der Waals surface area contributed by atoms with Gasteiger partial charge in [-0.1, -0.05) is 6.08 Å². The van der Waals surface area contributed by atoms with E-state index in [2.05, 4.69) is 17.2 Å². The summed E-state index contributed by atoms with van der Waals surface area (Å²) in [7, 11) is 0. The van der Waals surface area contributed by atoms with Crippen LogP contribution < -0.4 is 0 Å². The van der Waals surface area contributed by atoms with E-state index in [0.717, 1.165) is 13.0 Å². The van der Waals surface area contributed by atoms with Crippen LogP contribution in [0.5, 0.6) is 0 Å². The lowest BCUT2D eigenvalue weighted by Crippen LogP contribution is -1.90. The van der Waals surface area contributed by atoms with Crippen molar-refractivity contribution in [2.45, 2.75) is 13.0 Å². The Labute approximate surface area is 55.6 Å². The lowest BCUT2D eigenvalue weighted by molar-refractivity contribution is 0.715. The van der Waals surface area contributed by atoms with Gasteiger partial charge in [0.15, 0.2) is 0 Å². The zero-order valence-corrected chi connectivity index (χ0v) is 5.38. The predicted molar refractivity (Wildman–Crippen MR) is 38.1 cm³/mol. The van der Waals surface area contributed by atoms with Crippen LogP contribution in [-0.4, -0.2) is 4.57 Å². The van der Waals surface area contributed by atoms with Gasteiger partial charge in [0.25, 0.3) is 0 Å². The van der Waals surface area contributed by atoms with E-state index in [0.29, 0.717) is 0 Å². The predicted octanol–water partition coefficient (Wildman–Crippen LogP) is 1.86. The molecule has 0 unspecified atom stereocenters. The molecule has 47 valence electrons. The summed E-state index contributed by atoms with van der Waals surface area (Å²) >= 11 is 0. The fraction of sp³-hybridized carbons (Fsp3) is 0.250. The van der Waals surface area contributed by atoms with Crippen molar-refractivity contribution in [3.8, 4) is 0 Å². The summed E-state index contributed by atoms with van der Waals surface area (Å²) in [6.45, 7) is 4.66. The van der Waals surface area contributed by atoms with Crippen LogP contribution in [0.3, 0.4) is 0 Å². The molecule has 0 fully saturated rings. The molecule has 0 aliphatic heterocycles. The van der Waals surface area contributed by atoms with E-state index >= 15 is 0 Å². The molecule has 1 aromatic rings. The Morgan fingerprint density at radius 2 is 2.56 bits per heavy atom. The number of rotatable bonds is 3. The van der Waals surface area contributed by atoms with Crippen molar-refractivity contribution in [1.29, 1.82) is 0 Å². The van der Waals surface area contributed by atoms with Gasteiger partial charge >= 0.3 is 0 Å². The highest BCUT2D eigenvalue weighted by molar-refractivity contribution is 4.88. The standard InChI is InChI=1S/C8H10N/c1-2-3-6-9-7-4-5-8-9/h2,4,7-8H,1,3,6H2. The third-order valence-electron chi connectivity index (χ3n) is 1.19. The van der Waals surface area contributed by atoms with Crippen molar-refractivity contribution in [3.05, 3.63) is 37.2 Å². The van der Waals surface area contributed by atoms with Crippen molar-refractivity contribution < 1.29 is 0 Å². The van der Waals surface area contributed by atoms with Crippen molar-refractivity contribution in [1.82, 2.24) is 4.57 Å². The highest BCUT2D eigenvalue weighted by atomic mass is 14.9. The first-order valence-corrected chi connectivity index (χ1v) is 3.06. The van der Waals surface area contributed by atoms with Crippen molar-refractivity contribution >= 4 is 0 Å². The zero-order chi connectivity index (χ0) is 6.53. The molecule has 1 nitrogen and oxygen atoms in total. The smallest absolute Gasteiger partial charge is 0.0254 e. The van der Waals surface area contributed by atoms with Crippen molar-refractivity contribution in [2.24, 2.45) is 0 Å². The molecule has 9 heavy (non-hydrogen) atoms. The highest BCUT2D eigenvalue weighted by Crippen LogP contribution is 1.91. The first-order chi connectivity index (χ1) is 4.43. The topological polar surface area (TPSA) is 4.93 Å². The number of hydrogen-bond donors (Lipinski definition) is 0. The van der Waals surface area contributed by atoms with Gasteiger partial charge in [0.05, 0.1) is 0 Å². The molecular formula is C8H10N. The number of aromatic nitrogens is 1. The first-order valence-electron chi connectivity index (χ1n) is 3.06. The second kappa shape index (κ2) is 3.13. The van der Waals surface area contributed by atoms with Crippen LogP contribution in [0.1, 0.15) is 6.42 Å². The van der Waals surface area contributed by atoms with E-state index in [1.807, 2.05) is 24.5 Å². The lowest BCUT2D eigenvalue weighted by Gasteiger charge is -1.95. The second-order valence-electron chi connectivity index (χ2n) is 1.93. The summed E-state index contributed by atoms with van der Waals surface area (Å²) in [5.41, 5.74) is 0. The third-order valence-corrected chi connectivity index (χ3v) is 1.19. The van der Waals surface area contributed by atoms with E-state index in [9.17, 15) is 0 Å². The fourth-order valence-corrected chi connectivity index (χ4v) is 0.700. The summed E-state index contributed by atoms with van der Waals surface area (Å²) in [4.78, 5) is 0. The molecule has 1 radical (unpaired) electrons. The van der Waals surface area contributed by atoms with Crippen LogP contribution in [0.15, 0.2) is 31.1 Å². The minimum absolute atomic E-state index is 1.02. The molecule has 0 amide bonds. The van der Waals surface area contributed by atoms with E-state index in [-0.39, 0.29) is 0 Å². The molecule has 0 aliphatic rings. The molecule has 1 aromatic heterocycles. The van der Waals surface area contributed by atoms with Crippen molar-refractivity contribution in [2.75, 3.05) is 0 Å². The molecule has 1 heterocycles. The largest absolute Gasteiger partial charge is 0.353 e. The molecule has 0 spiro atoms. The van der Waals surface area contributed by atoms with Gasteiger partial charge < -0.3 is 4.57 Å². The SMILES string of the molecule is C=CCCn1c[c]cc1. The minimum atomic E-state index is 1.02. The number of allylic oxidation sites excluding steroid dienone is 1. The zero-order valence-electron chi connectivity index (χ0n) is 5.38. The van der Waals surface area contributed by atoms with Gasteiger partial charge in [-0.3, -0.25) is 0 Å². The van der Waals surface area contributed by atoms with Gasteiger partial charge in [-0.2, -0.15) is 0 Å². The molecule has 0 aromatic carbocycles. The van der Waals surface area contributed by atoms with Gasteiger partial charge in [-0.05, 0) is 12.5 Å². The van der Waals surface area contributed by atoms with Gasteiger partial charge in [-0.25, -0.2) is 0 Å². The van der Waals surface area contributed by atoms with Gasteiger partial charge in [-0.15, -0.1) is 6.58 Å². The van der Waals surface area contributed by atoms with Crippen molar-refractivity contribution in [3.63, 3.8) is 0 Å². The molecule has 0 bridgehead atoms. The Balaban J connectivity index is 2.38. The summed E-state index contributed by atoms with van der Waals surface area (Å²) in [5.74, 6) is 0. The highest BCUT2D eigenvalue weighted by Gasteiger charge is 1.82. The maximum Gasteiger partial charge on any atom is 0.0254 e. The molecule has 0 aliphatic carbocycles. The minimum Gasteiger partial charge on any atom is -0.353 e. The van der Waals surface area contributed by atoms with E-state index in [4.69, 9.17) is 0 Å². The fourth-order valence-electron chi connectivity index (χ4n) is 0.700. The average molecular weight is 120 g/mol. The third kappa shape index (κ3) is 1.76. The number of aryl methyl sites for hydroxylation is 1. The second-order valence-corrected chi connectivity index (χ2v) is 1.93. The summed E-state index contributed by atoms with van der Waals surface area (Å²) in [5, 5.41) is 0. The van der Waals surface area contributed by atoms with E-state index in [1.165, 1.54) is 0 Å². The molecule has 1 heteroatoms. The molecule has 0 saturated carbocycles. The van der Waals surface area contributed by atoms with E-state index < -0.39 is 0 Å². The quantitative estimate of drug-likeness (QED) is 0.536. The van der Waals surface area contributed by atoms with Crippen LogP contribution in [0, 0.1) is 6.07 Å². The van der Waals surface area contributed by atoms with Gasteiger partial charge in [0.2, 0.25) is 0 Å². The van der Waals surface area contributed by atoms with Crippen LogP contribution in [-0.2, 0) is 6.54 Å². The Morgan fingerprint density at radius 1 is 1.67 bits per heavy atom. The Morgan fingerprint density at radius 3 is 3.11 bits per heavy atom. The maximum absolute atomic E-state index is 3.64. The monoisotopic (exact) mass is 120 g/mol. The number of nitrogens with zero attached hydrogens (tertiary/aromatic N) is 1. The van der Waals surface area contributed by atoms with Gasteiger partial charge in [0.1, 0.15) is 0 Å². The van der Waals surface area contributed by atoms with Gasteiger partial charge in [0, 0.05) is 25.0 Å². The Hall–Kier alpha value is -0.980. The Bertz CT molecular complexity index is 163. The summed E-state index contributed by atoms with van der Waals surface area (Å²) < 4.78 is 2.08. The molecule has 1 rings (SSSR count). The van der Waals surface area contributed by atoms with Crippen LogP contribution in [0.2, 0.25) is 0 Å². The Kier molecular flexibility index (Phi) is 2.13. The molecular weight excluding hydrogens is 110 g/mol. The summed E-state index contributed by atoms with van der Waals surface area (Å²) in [6.07, 6.45) is 6.88. The molecule has 0 N–H and O–H groups in total. The summed E-state index contributed by atoms with van der Waals surface area (Å²) in [6, 6.07) is 4.87. The molecule has 0 atom stereocenters. The van der Waals surface area contributed by atoms with Crippen LogP contribution in [0.4, 0.5) is 0 Å².